The molecule has 7 heteroatoms. The Kier molecular flexibility index (Phi) is 6.10. The number of aryl methyl sites for hydroxylation is 2. The van der Waals surface area contributed by atoms with Crippen LogP contribution in [0.3, 0.4) is 0 Å². The highest BCUT2D eigenvalue weighted by atomic mass is 19.1. The minimum atomic E-state index is -0.968. The molecule has 0 spiro atoms. The van der Waals surface area contributed by atoms with Gasteiger partial charge < -0.3 is 18.8 Å². The van der Waals surface area contributed by atoms with E-state index >= 15 is 0 Å². The van der Waals surface area contributed by atoms with Crippen molar-refractivity contribution >= 4 is 16.9 Å². The smallest absolute Gasteiger partial charge is 0.333 e. The van der Waals surface area contributed by atoms with Crippen molar-refractivity contribution in [2.75, 3.05) is 6.61 Å². The molecule has 0 saturated heterocycles. The van der Waals surface area contributed by atoms with Gasteiger partial charge in [0.05, 0.1) is 6.54 Å². The molecule has 0 aliphatic rings. The Morgan fingerprint density at radius 2 is 2.06 bits per heavy atom. The zero-order valence-electron chi connectivity index (χ0n) is 18.3. The summed E-state index contributed by atoms with van der Waals surface area (Å²) in [5.74, 6) is -0.0764. The van der Waals surface area contributed by atoms with Gasteiger partial charge in [-0.3, -0.25) is 0 Å². The SMILES string of the molecule is CCOC(Cc1cccc2c1ccn2Cc1nc(-c2ccc(F)c(C)c2)oc1C)C(=O)O. The largest absolute Gasteiger partial charge is 0.479 e. The molecule has 4 aromatic rings. The Bertz CT molecular complexity index is 1270. The molecule has 1 unspecified atom stereocenters. The first-order valence-electron chi connectivity index (χ1n) is 10.5. The molecule has 32 heavy (non-hydrogen) atoms. The minimum Gasteiger partial charge on any atom is -0.479 e. The quantitative estimate of drug-likeness (QED) is 0.414. The summed E-state index contributed by atoms with van der Waals surface area (Å²) in [6.07, 6.45) is 1.37. The van der Waals surface area contributed by atoms with Crippen LogP contribution in [0.15, 0.2) is 53.1 Å². The van der Waals surface area contributed by atoms with Gasteiger partial charge in [0, 0.05) is 35.7 Å². The van der Waals surface area contributed by atoms with Crippen LogP contribution in [0.4, 0.5) is 4.39 Å². The fraction of sp³-hybridized carbons (Fsp3) is 0.280. The van der Waals surface area contributed by atoms with Gasteiger partial charge in [0.2, 0.25) is 5.89 Å². The second kappa shape index (κ2) is 8.96. The van der Waals surface area contributed by atoms with Gasteiger partial charge in [0.15, 0.2) is 6.10 Å². The maximum Gasteiger partial charge on any atom is 0.333 e. The predicted molar refractivity (Wildman–Crippen MR) is 119 cm³/mol. The Balaban J connectivity index is 1.62. The van der Waals surface area contributed by atoms with E-state index in [0.717, 1.165) is 27.7 Å². The maximum absolute atomic E-state index is 13.6. The molecule has 2 heterocycles. The van der Waals surface area contributed by atoms with Crippen LogP contribution in [0.5, 0.6) is 0 Å². The summed E-state index contributed by atoms with van der Waals surface area (Å²) in [7, 11) is 0. The second-order valence-electron chi connectivity index (χ2n) is 7.77. The Morgan fingerprint density at radius 3 is 2.78 bits per heavy atom. The summed E-state index contributed by atoms with van der Waals surface area (Å²) in [5.41, 5.74) is 3.94. The van der Waals surface area contributed by atoms with Gasteiger partial charge >= 0.3 is 5.97 Å². The molecule has 0 radical (unpaired) electrons. The zero-order chi connectivity index (χ0) is 22.8. The number of aromatic nitrogens is 2. The zero-order valence-corrected chi connectivity index (χ0v) is 18.3. The van der Waals surface area contributed by atoms with E-state index in [-0.39, 0.29) is 5.82 Å². The average molecular weight is 436 g/mol. The van der Waals surface area contributed by atoms with Crippen molar-refractivity contribution in [3.8, 4) is 11.5 Å². The number of hydrogen-bond donors (Lipinski definition) is 1. The van der Waals surface area contributed by atoms with E-state index in [2.05, 4.69) is 9.55 Å². The molecule has 2 aromatic carbocycles. The first-order valence-corrected chi connectivity index (χ1v) is 10.5. The van der Waals surface area contributed by atoms with Crippen molar-refractivity contribution in [2.24, 2.45) is 0 Å². The third-order valence-electron chi connectivity index (χ3n) is 5.57. The molecule has 166 valence electrons. The van der Waals surface area contributed by atoms with Crippen LogP contribution < -0.4 is 0 Å². The molecule has 1 N–H and O–H groups in total. The van der Waals surface area contributed by atoms with Crippen molar-refractivity contribution < 1.29 is 23.4 Å². The van der Waals surface area contributed by atoms with E-state index in [1.165, 1.54) is 6.07 Å². The summed E-state index contributed by atoms with van der Waals surface area (Å²) in [6.45, 7) is 6.19. The fourth-order valence-corrected chi connectivity index (χ4v) is 3.86. The lowest BCUT2D eigenvalue weighted by atomic mass is 10.0. The van der Waals surface area contributed by atoms with Crippen LogP contribution in [0, 0.1) is 19.7 Å². The molecule has 0 aliphatic carbocycles. The van der Waals surface area contributed by atoms with Crippen LogP contribution in [0.25, 0.3) is 22.4 Å². The number of nitrogens with zero attached hydrogens (tertiary/aromatic N) is 2. The second-order valence-corrected chi connectivity index (χ2v) is 7.77. The number of aliphatic carboxylic acids is 1. The number of benzene rings is 2. The summed E-state index contributed by atoms with van der Waals surface area (Å²) < 4.78 is 26.9. The molecule has 0 saturated carbocycles. The fourth-order valence-electron chi connectivity index (χ4n) is 3.86. The molecule has 1 atom stereocenters. The highest BCUT2D eigenvalue weighted by molar-refractivity contribution is 5.85. The molecule has 2 aromatic heterocycles. The van der Waals surface area contributed by atoms with Crippen LogP contribution in [-0.2, 0) is 22.5 Å². The molecule has 0 aliphatic heterocycles. The highest BCUT2D eigenvalue weighted by Gasteiger charge is 2.20. The van der Waals surface area contributed by atoms with Gasteiger partial charge in [-0.25, -0.2) is 14.2 Å². The number of oxazole rings is 1. The number of fused-ring (bicyclic) bond motifs is 1. The molecule has 0 bridgehead atoms. The third-order valence-corrected chi connectivity index (χ3v) is 5.57. The van der Waals surface area contributed by atoms with Crippen LogP contribution in [0.2, 0.25) is 0 Å². The molecule has 0 amide bonds. The van der Waals surface area contributed by atoms with Gasteiger partial charge in [0.1, 0.15) is 17.3 Å². The van der Waals surface area contributed by atoms with Gasteiger partial charge in [0.25, 0.3) is 0 Å². The minimum absolute atomic E-state index is 0.263. The number of hydrogen-bond acceptors (Lipinski definition) is 4. The van der Waals surface area contributed by atoms with E-state index < -0.39 is 12.1 Å². The predicted octanol–water partition coefficient (Wildman–Crippen LogP) is 5.13. The summed E-state index contributed by atoms with van der Waals surface area (Å²) in [5, 5.41) is 10.4. The summed E-state index contributed by atoms with van der Waals surface area (Å²) in [6, 6.07) is 12.6. The number of carboxylic acid groups (broad SMARTS) is 1. The maximum atomic E-state index is 13.6. The van der Waals surface area contributed by atoms with Gasteiger partial charge in [-0.05, 0) is 62.2 Å². The monoisotopic (exact) mass is 436 g/mol. The first-order chi connectivity index (χ1) is 15.4. The van der Waals surface area contributed by atoms with Gasteiger partial charge in [-0.2, -0.15) is 0 Å². The molecule has 4 rings (SSSR count). The number of halogens is 1. The lowest BCUT2D eigenvalue weighted by Gasteiger charge is -2.13. The van der Waals surface area contributed by atoms with Crippen molar-refractivity contribution in [3.05, 3.63) is 77.1 Å². The van der Waals surface area contributed by atoms with Crippen molar-refractivity contribution in [2.45, 2.75) is 39.8 Å². The van der Waals surface area contributed by atoms with Crippen LogP contribution >= 0.6 is 0 Å². The number of ether oxygens (including phenoxy) is 1. The Morgan fingerprint density at radius 1 is 1.25 bits per heavy atom. The van der Waals surface area contributed by atoms with E-state index in [1.807, 2.05) is 37.4 Å². The topological polar surface area (TPSA) is 77.5 Å². The average Bonchev–Trinajstić information content (AvgIpc) is 3.34. The summed E-state index contributed by atoms with van der Waals surface area (Å²) in [4.78, 5) is 16.1. The van der Waals surface area contributed by atoms with Crippen molar-refractivity contribution in [1.29, 1.82) is 0 Å². The highest BCUT2D eigenvalue weighted by Crippen LogP contribution is 2.27. The van der Waals surface area contributed by atoms with Crippen molar-refractivity contribution in [1.82, 2.24) is 9.55 Å². The van der Waals surface area contributed by atoms with Crippen LogP contribution in [0.1, 0.15) is 29.5 Å². The van der Waals surface area contributed by atoms with E-state index in [9.17, 15) is 14.3 Å². The number of rotatable bonds is 8. The summed E-state index contributed by atoms with van der Waals surface area (Å²) >= 11 is 0. The van der Waals surface area contributed by atoms with E-state index in [1.54, 1.807) is 26.0 Å². The third kappa shape index (κ3) is 4.29. The van der Waals surface area contributed by atoms with Crippen molar-refractivity contribution in [3.63, 3.8) is 0 Å². The lowest BCUT2D eigenvalue weighted by Crippen LogP contribution is -2.26. The van der Waals surface area contributed by atoms with E-state index in [0.29, 0.717) is 36.8 Å². The van der Waals surface area contributed by atoms with E-state index in [4.69, 9.17) is 9.15 Å². The van der Waals surface area contributed by atoms with Gasteiger partial charge in [-0.1, -0.05) is 12.1 Å². The molecular formula is C25H25FN2O4. The molecule has 0 fully saturated rings. The number of carbonyl (C=O) groups is 1. The lowest BCUT2D eigenvalue weighted by molar-refractivity contribution is -0.149. The Hall–Kier alpha value is -3.45. The number of carboxylic acids is 1. The normalized spacial score (nSPS) is 12.4. The standard InChI is InChI=1S/C25H25FN2O4/c1-4-31-23(25(29)30)13-17-6-5-7-22-19(17)10-11-28(22)14-21-16(3)32-24(27-21)18-8-9-20(26)15(2)12-18/h5-12,23H,4,13-14H2,1-3H3,(H,29,30). The van der Waals surface area contributed by atoms with Gasteiger partial charge in [-0.15, -0.1) is 0 Å². The molecular weight excluding hydrogens is 411 g/mol. The molecule has 6 nitrogen and oxygen atoms in total. The first kappa shape index (κ1) is 21.8. The van der Waals surface area contributed by atoms with Crippen LogP contribution in [-0.4, -0.2) is 33.3 Å². The Labute approximate surface area is 185 Å².